The Balaban J connectivity index is 1.69. The number of anilines is 1. The number of rotatable bonds is 6. The monoisotopic (exact) mass is 331 g/mol. The Morgan fingerprint density at radius 2 is 2.16 bits per heavy atom. The summed E-state index contributed by atoms with van der Waals surface area (Å²) in [6.45, 7) is 12.0. The molecule has 0 radical (unpaired) electrons. The van der Waals surface area contributed by atoms with Crippen molar-refractivity contribution in [1.82, 2.24) is 20.5 Å². The first-order valence-electron chi connectivity index (χ1n) is 8.06. The van der Waals surface area contributed by atoms with Gasteiger partial charge in [-0.15, -0.1) is 5.73 Å². The van der Waals surface area contributed by atoms with E-state index in [2.05, 4.69) is 57.7 Å². The number of hydrogen-bond acceptors (Lipinski definition) is 4. The Morgan fingerprint density at radius 3 is 2.96 bits per heavy atom. The van der Waals surface area contributed by atoms with Crippen molar-refractivity contribution in [2.45, 2.75) is 19.9 Å². The zero-order valence-corrected chi connectivity index (χ0v) is 14.4. The second kappa shape index (κ2) is 7.07. The van der Waals surface area contributed by atoms with Crippen LogP contribution in [0.25, 0.3) is 16.5 Å². The lowest BCUT2D eigenvalue weighted by molar-refractivity contribution is 0.710. The van der Waals surface area contributed by atoms with Crippen LogP contribution in [0.1, 0.15) is 19.5 Å². The number of pyridine rings is 1. The fourth-order valence-electron chi connectivity index (χ4n) is 2.58. The molecule has 0 bridgehead atoms. The van der Waals surface area contributed by atoms with Crippen molar-refractivity contribution >= 4 is 22.3 Å². The van der Waals surface area contributed by atoms with Gasteiger partial charge >= 0.3 is 0 Å². The van der Waals surface area contributed by atoms with Gasteiger partial charge in [0.1, 0.15) is 5.82 Å². The van der Waals surface area contributed by atoms with Crippen LogP contribution in [0, 0.1) is 0 Å². The molecular weight excluding hydrogens is 310 g/mol. The topological polar surface area (TPSA) is 65.6 Å². The minimum atomic E-state index is 0.0922. The summed E-state index contributed by atoms with van der Waals surface area (Å²) < 4.78 is 0. The van der Waals surface area contributed by atoms with Crippen molar-refractivity contribution in [3.05, 3.63) is 78.6 Å². The van der Waals surface area contributed by atoms with Crippen molar-refractivity contribution in [1.29, 1.82) is 0 Å². The third-order valence-electron chi connectivity index (χ3n) is 3.86. The smallest absolute Gasteiger partial charge is 0.133 e. The highest BCUT2D eigenvalue weighted by molar-refractivity contribution is 5.90. The molecule has 0 spiro atoms. The predicted octanol–water partition coefficient (Wildman–Crippen LogP) is 4.06. The fraction of sp³-hybridized carbons (Fsp3) is 0.150. The minimum absolute atomic E-state index is 0.0922. The summed E-state index contributed by atoms with van der Waals surface area (Å²) >= 11 is 0. The standard InChI is InChI=1S/C20H21N5/c1-13(2)20-17-12-21-19(11-18(17)24-25-20)23-15(4)22-14(3)16-9-7-5-6-8-10-16/h5-7,9-12,14,22H,1,4H2,2-3H3,(H,21,23)(H,24,25)/t14-/m1/s1. The van der Waals surface area contributed by atoms with E-state index in [1.165, 1.54) is 0 Å². The molecule has 1 aliphatic rings. The molecule has 0 saturated carbocycles. The Labute approximate surface area is 147 Å². The molecule has 1 atom stereocenters. The summed E-state index contributed by atoms with van der Waals surface area (Å²) in [6, 6.07) is 2.00. The van der Waals surface area contributed by atoms with Gasteiger partial charge in [0.2, 0.25) is 0 Å². The van der Waals surface area contributed by atoms with E-state index < -0.39 is 0 Å². The molecule has 0 aliphatic heterocycles. The van der Waals surface area contributed by atoms with Gasteiger partial charge in [0.25, 0.3) is 0 Å². The van der Waals surface area contributed by atoms with Crippen LogP contribution in [0.4, 0.5) is 5.82 Å². The first kappa shape index (κ1) is 16.6. The number of nitrogens with zero attached hydrogens (tertiary/aromatic N) is 2. The number of aromatic nitrogens is 3. The number of fused-ring (bicyclic) bond motifs is 1. The van der Waals surface area contributed by atoms with Crippen molar-refractivity contribution < 1.29 is 0 Å². The van der Waals surface area contributed by atoms with E-state index in [1.54, 1.807) is 6.20 Å². The largest absolute Gasteiger partial charge is 0.366 e. The molecule has 1 aliphatic carbocycles. The number of aromatic amines is 1. The van der Waals surface area contributed by atoms with E-state index in [9.17, 15) is 0 Å². The Hall–Kier alpha value is -3.30. The van der Waals surface area contributed by atoms with E-state index in [0.717, 1.165) is 27.7 Å². The summed E-state index contributed by atoms with van der Waals surface area (Å²) in [5.74, 6) is 1.37. The molecule has 2 aromatic heterocycles. The molecule has 0 unspecified atom stereocenters. The highest BCUT2D eigenvalue weighted by Gasteiger charge is 2.10. The van der Waals surface area contributed by atoms with Gasteiger partial charge in [-0.25, -0.2) is 4.98 Å². The van der Waals surface area contributed by atoms with E-state index in [4.69, 9.17) is 0 Å². The molecule has 3 rings (SSSR count). The van der Waals surface area contributed by atoms with Crippen molar-refractivity contribution in [3.63, 3.8) is 0 Å². The van der Waals surface area contributed by atoms with Gasteiger partial charge in [0.15, 0.2) is 0 Å². The molecule has 2 heterocycles. The van der Waals surface area contributed by atoms with E-state index in [-0.39, 0.29) is 6.04 Å². The van der Waals surface area contributed by atoms with Gasteiger partial charge < -0.3 is 10.6 Å². The van der Waals surface area contributed by atoms with Crippen LogP contribution in [0.15, 0.2) is 72.9 Å². The summed E-state index contributed by atoms with van der Waals surface area (Å²) in [5, 5.41) is 14.7. The van der Waals surface area contributed by atoms with Gasteiger partial charge in [-0.05, 0) is 37.1 Å². The molecule has 25 heavy (non-hydrogen) atoms. The Bertz CT molecular complexity index is 952. The summed E-state index contributed by atoms with van der Waals surface area (Å²) in [5.41, 5.74) is 6.88. The first-order chi connectivity index (χ1) is 12.0. The van der Waals surface area contributed by atoms with Crippen LogP contribution >= 0.6 is 0 Å². The highest BCUT2D eigenvalue weighted by atomic mass is 15.2. The van der Waals surface area contributed by atoms with Crippen molar-refractivity contribution in [3.8, 4) is 0 Å². The average Bonchev–Trinajstić information content (AvgIpc) is 2.80. The van der Waals surface area contributed by atoms with E-state index >= 15 is 0 Å². The first-order valence-corrected chi connectivity index (χ1v) is 8.06. The molecular formula is C20H21N5. The predicted molar refractivity (Wildman–Crippen MR) is 104 cm³/mol. The molecule has 3 N–H and O–H groups in total. The molecule has 0 fully saturated rings. The molecule has 0 saturated heterocycles. The van der Waals surface area contributed by atoms with Gasteiger partial charge in [0.05, 0.1) is 23.1 Å². The number of hydrogen-bond donors (Lipinski definition) is 3. The van der Waals surface area contributed by atoms with Crippen LogP contribution in [0.3, 0.4) is 0 Å². The maximum absolute atomic E-state index is 4.43. The second-order valence-corrected chi connectivity index (χ2v) is 5.97. The van der Waals surface area contributed by atoms with Gasteiger partial charge in [-0.1, -0.05) is 31.4 Å². The summed E-state index contributed by atoms with van der Waals surface area (Å²) in [7, 11) is 0. The third kappa shape index (κ3) is 3.79. The molecule has 0 aromatic carbocycles. The van der Waals surface area contributed by atoms with Crippen molar-refractivity contribution in [2.75, 3.05) is 5.32 Å². The van der Waals surface area contributed by atoms with E-state index in [1.807, 2.05) is 37.3 Å². The lowest BCUT2D eigenvalue weighted by Crippen LogP contribution is -2.29. The molecule has 0 amide bonds. The summed E-state index contributed by atoms with van der Waals surface area (Å²) in [4.78, 5) is 4.43. The zero-order chi connectivity index (χ0) is 17.8. The van der Waals surface area contributed by atoms with Crippen LogP contribution in [-0.2, 0) is 0 Å². The van der Waals surface area contributed by atoms with Crippen LogP contribution < -0.4 is 10.6 Å². The highest BCUT2D eigenvalue weighted by Crippen LogP contribution is 2.22. The van der Waals surface area contributed by atoms with Gasteiger partial charge in [-0.3, -0.25) is 5.10 Å². The Kier molecular flexibility index (Phi) is 4.68. The zero-order valence-electron chi connectivity index (χ0n) is 14.4. The summed E-state index contributed by atoms with van der Waals surface area (Å²) in [6.07, 6.45) is 11.6. The lowest BCUT2D eigenvalue weighted by atomic mass is 10.1. The van der Waals surface area contributed by atoms with Gasteiger partial charge in [0, 0.05) is 17.6 Å². The van der Waals surface area contributed by atoms with E-state index in [0.29, 0.717) is 11.6 Å². The third-order valence-corrected chi connectivity index (χ3v) is 3.86. The number of H-pyrrole nitrogens is 1. The normalized spacial score (nSPS) is 14.1. The molecule has 2 aromatic rings. The molecule has 126 valence electrons. The SMILES string of the molecule is C=C(Nc1cc2[nH]nc(C(=C)C)c2cn1)N[C@H](C)C1=CC=CC=C=C1. The van der Waals surface area contributed by atoms with Gasteiger partial charge in [-0.2, -0.15) is 5.10 Å². The quantitative estimate of drug-likeness (QED) is 0.698. The molecule has 5 heteroatoms. The Morgan fingerprint density at radius 1 is 1.32 bits per heavy atom. The lowest BCUT2D eigenvalue weighted by Gasteiger charge is -2.18. The van der Waals surface area contributed by atoms with Crippen LogP contribution in [0.5, 0.6) is 0 Å². The second-order valence-electron chi connectivity index (χ2n) is 5.97. The number of nitrogens with one attached hydrogen (secondary N) is 3. The van der Waals surface area contributed by atoms with Crippen molar-refractivity contribution in [2.24, 2.45) is 0 Å². The van der Waals surface area contributed by atoms with Crippen LogP contribution in [-0.4, -0.2) is 21.2 Å². The number of allylic oxidation sites excluding steroid dienone is 4. The minimum Gasteiger partial charge on any atom is -0.366 e. The molecule has 5 nitrogen and oxygen atoms in total. The van der Waals surface area contributed by atoms with Crippen LogP contribution in [0.2, 0.25) is 0 Å². The fourth-order valence-corrected chi connectivity index (χ4v) is 2.58. The maximum atomic E-state index is 4.43. The average molecular weight is 331 g/mol. The maximum Gasteiger partial charge on any atom is 0.133 e.